The van der Waals surface area contributed by atoms with E-state index in [1.807, 2.05) is 12.1 Å². The van der Waals surface area contributed by atoms with Crippen LogP contribution in [0.1, 0.15) is 38.2 Å². The molecule has 4 heteroatoms. The van der Waals surface area contributed by atoms with Crippen molar-refractivity contribution < 1.29 is 4.79 Å². The normalized spacial score (nSPS) is 20.2. The number of benzene rings is 1. The van der Waals surface area contributed by atoms with Gasteiger partial charge in [-0.1, -0.05) is 6.42 Å². The molecule has 1 aliphatic carbocycles. The number of aryl methyl sites for hydroxylation is 1. The molecule has 19 heavy (non-hydrogen) atoms. The smallest absolute Gasteiger partial charge is 0.224 e. The van der Waals surface area contributed by atoms with E-state index in [1.54, 1.807) is 0 Å². The number of hydrogen-bond donors (Lipinski definition) is 3. The van der Waals surface area contributed by atoms with Crippen molar-refractivity contribution in [3.63, 3.8) is 0 Å². The van der Waals surface area contributed by atoms with Crippen molar-refractivity contribution in [2.24, 2.45) is 5.92 Å². The quantitative estimate of drug-likeness (QED) is 0.731. The van der Waals surface area contributed by atoms with Gasteiger partial charge in [-0.15, -0.1) is 0 Å². The first-order valence-corrected chi connectivity index (χ1v) is 7.12. The van der Waals surface area contributed by atoms with Crippen LogP contribution in [0.25, 0.3) is 0 Å². The van der Waals surface area contributed by atoms with Gasteiger partial charge in [0.1, 0.15) is 0 Å². The molecule has 102 valence electrons. The fourth-order valence-electron chi connectivity index (χ4n) is 2.88. The van der Waals surface area contributed by atoms with Gasteiger partial charge in [-0.3, -0.25) is 4.79 Å². The maximum atomic E-state index is 11.4. The molecule has 1 atom stereocenters. The molecule has 1 aromatic rings. The van der Waals surface area contributed by atoms with Crippen molar-refractivity contribution in [2.75, 3.05) is 16.4 Å². The highest BCUT2D eigenvalue weighted by atomic mass is 16.1. The van der Waals surface area contributed by atoms with E-state index in [1.165, 1.54) is 19.3 Å². The van der Waals surface area contributed by atoms with Gasteiger partial charge in [0.25, 0.3) is 0 Å². The van der Waals surface area contributed by atoms with E-state index in [9.17, 15) is 4.79 Å². The van der Waals surface area contributed by atoms with E-state index in [0.29, 0.717) is 12.5 Å². The second-order valence-corrected chi connectivity index (χ2v) is 5.77. The molecule has 2 aliphatic rings. The third kappa shape index (κ3) is 2.39. The largest absolute Gasteiger partial charge is 0.397 e. The molecule has 0 radical (unpaired) electrons. The Morgan fingerprint density at radius 3 is 2.84 bits per heavy atom. The van der Waals surface area contributed by atoms with E-state index >= 15 is 0 Å². The molecule has 1 unspecified atom stereocenters. The Labute approximate surface area is 113 Å². The number of rotatable bonds is 3. The summed E-state index contributed by atoms with van der Waals surface area (Å²) in [6, 6.07) is 4.41. The first kappa shape index (κ1) is 12.3. The summed E-state index contributed by atoms with van der Waals surface area (Å²) in [5, 5.41) is 6.42. The van der Waals surface area contributed by atoms with Gasteiger partial charge in [-0.05, 0) is 49.8 Å². The maximum Gasteiger partial charge on any atom is 0.224 e. The molecular weight excluding hydrogens is 238 g/mol. The van der Waals surface area contributed by atoms with Gasteiger partial charge in [0.15, 0.2) is 0 Å². The van der Waals surface area contributed by atoms with Crippen molar-refractivity contribution in [3.8, 4) is 0 Å². The molecule has 4 N–H and O–H groups in total. The minimum atomic E-state index is 0.0928. The van der Waals surface area contributed by atoms with Crippen LogP contribution in [0, 0.1) is 5.92 Å². The molecule has 1 aliphatic heterocycles. The standard InChI is InChI=1S/C15H21N3O/c1-9(10-3-2-4-10)17-14-8-13-11(7-12(14)16)5-6-15(19)18-13/h7-10,17H,2-6,16H2,1H3,(H,18,19). The van der Waals surface area contributed by atoms with Crippen LogP contribution in [0.4, 0.5) is 17.1 Å². The monoisotopic (exact) mass is 259 g/mol. The summed E-state index contributed by atoms with van der Waals surface area (Å²) in [5.74, 6) is 0.847. The topological polar surface area (TPSA) is 67.1 Å². The number of anilines is 3. The molecule has 1 fully saturated rings. The summed E-state index contributed by atoms with van der Waals surface area (Å²) in [6.45, 7) is 2.21. The zero-order valence-electron chi connectivity index (χ0n) is 11.3. The van der Waals surface area contributed by atoms with E-state index in [4.69, 9.17) is 5.73 Å². The fraction of sp³-hybridized carbons (Fsp3) is 0.533. The van der Waals surface area contributed by atoms with Crippen LogP contribution in [0.5, 0.6) is 0 Å². The van der Waals surface area contributed by atoms with Gasteiger partial charge in [-0.25, -0.2) is 0 Å². The van der Waals surface area contributed by atoms with Crippen LogP contribution in [-0.2, 0) is 11.2 Å². The molecule has 1 amide bonds. The number of carbonyl (C=O) groups is 1. The third-order valence-electron chi connectivity index (χ3n) is 4.41. The van der Waals surface area contributed by atoms with E-state index in [0.717, 1.165) is 35.0 Å². The molecule has 0 bridgehead atoms. The second-order valence-electron chi connectivity index (χ2n) is 5.77. The molecule has 3 rings (SSSR count). The Kier molecular flexibility index (Phi) is 3.09. The zero-order valence-corrected chi connectivity index (χ0v) is 11.3. The lowest BCUT2D eigenvalue weighted by atomic mass is 9.80. The molecule has 1 heterocycles. The lowest BCUT2D eigenvalue weighted by Crippen LogP contribution is -2.31. The van der Waals surface area contributed by atoms with Gasteiger partial charge < -0.3 is 16.4 Å². The zero-order chi connectivity index (χ0) is 13.4. The van der Waals surface area contributed by atoms with E-state index < -0.39 is 0 Å². The fourth-order valence-corrected chi connectivity index (χ4v) is 2.88. The van der Waals surface area contributed by atoms with Crippen LogP contribution in [0.15, 0.2) is 12.1 Å². The van der Waals surface area contributed by atoms with Gasteiger partial charge >= 0.3 is 0 Å². The lowest BCUT2D eigenvalue weighted by molar-refractivity contribution is -0.116. The highest BCUT2D eigenvalue weighted by molar-refractivity contribution is 5.95. The van der Waals surface area contributed by atoms with Crippen molar-refractivity contribution in [2.45, 2.75) is 45.1 Å². The average Bonchev–Trinajstić information content (AvgIpc) is 2.28. The Bertz CT molecular complexity index is 508. The minimum absolute atomic E-state index is 0.0928. The van der Waals surface area contributed by atoms with Gasteiger partial charge in [-0.2, -0.15) is 0 Å². The first-order chi connectivity index (χ1) is 9.13. The number of nitrogens with two attached hydrogens (primary N) is 1. The van der Waals surface area contributed by atoms with Gasteiger partial charge in [0.05, 0.1) is 11.4 Å². The maximum absolute atomic E-state index is 11.4. The van der Waals surface area contributed by atoms with Crippen LogP contribution < -0.4 is 16.4 Å². The van der Waals surface area contributed by atoms with Crippen molar-refractivity contribution in [1.82, 2.24) is 0 Å². The third-order valence-corrected chi connectivity index (χ3v) is 4.41. The lowest BCUT2D eigenvalue weighted by Gasteiger charge is -2.33. The summed E-state index contributed by atoms with van der Waals surface area (Å²) in [4.78, 5) is 11.4. The number of nitrogens with one attached hydrogen (secondary N) is 2. The Balaban J connectivity index is 1.80. The predicted molar refractivity (Wildman–Crippen MR) is 78.2 cm³/mol. The molecular formula is C15H21N3O. The molecule has 0 spiro atoms. The summed E-state index contributed by atoms with van der Waals surface area (Å²) in [6.07, 6.45) is 5.28. The number of carbonyl (C=O) groups excluding carboxylic acids is 1. The van der Waals surface area contributed by atoms with E-state index in [-0.39, 0.29) is 5.91 Å². The molecule has 0 saturated heterocycles. The second kappa shape index (κ2) is 4.76. The van der Waals surface area contributed by atoms with Crippen LogP contribution in [-0.4, -0.2) is 11.9 Å². The molecule has 1 saturated carbocycles. The highest BCUT2D eigenvalue weighted by Crippen LogP contribution is 2.35. The summed E-state index contributed by atoms with van der Waals surface area (Å²) in [7, 11) is 0. The first-order valence-electron chi connectivity index (χ1n) is 7.12. The highest BCUT2D eigenvalue weighted by Gasteiger charge is 2.24. The van der Waals surface area contributed by atoms with Gasteiger partial charge in [0.2, 0.25) is 5.91 Å². The van der Waals surface area contributed by atoms with Crippen LogP contribution >= 0.6 is 0 Å². The number of hydrogen-bond acceptors (Lipinski definition) is 3. The molecule has 0 aromatic heterocycles. The minimum Gasteiger partial charge on any atom is -0.397 e. The van der Waals surface area contributed by atoms with Crippen molar-refractivity contribution in [1.29, 1.82) is 0 Å². The Hall–Kier alpha value is -1.71. The van der Waals surface area contributed by atoms with Crippen LogP contribution in [0.2, 0.25) is 0 Å². The van der Waals surface area contributed by atoms with Crippen LogP contribution in [0.3, 0.4) is 0 Å². The summed E-state index contributed by atoms with van der Waals surface area (Å²) in [5.41, 5.74) is 9.88. The molecule has 4 nitrogen and oxygen atoms in total. The SMILES string of the molecule is CC(Nc1cc2c(cc1N)CCC(=O)N2)C1CCC1. The van der Waals surface area contributed by atoms with E-state index in [2.05, 4.69) is 17.6 Å². The van der Waals surface area contributed by atoms with Crippen molar-refractivity contribution in [3.05, 3.63) is 17.7 Å². The molecule has 1 aromatic carbocycles. The number of amides is 1. The van der Waals surface area contributed by atoms with Gasteiger partial charge in [0, 0.05) is 18.2 Å². The summed E-state index contributed by atoms with van der Waals surface area (Å²) < 4.78 is 0. The Morgan fingerprint density at radius 2 is 2.16 bits per heavy atom. The summed E-state index contributed by atoms with van der Waals surface area (Å²) >= 11 is 0. The number of fused-ring (bicyclic) bond motifs is 1. The average molecular weight is 259 g/mol. The predicted octanol–water partition coefficient (Wildman–Crippen LogP) is 2.75. The number of nitrogen functional groups attached to an aromatic ring is 1. The Morgan fingerprint density at radius 1 is 1.37 bits per heavy atom. The van der Waals surface area contributed by atoms with Crippen molar-refractivity contribution >= 4 is 23.0 Å².